The maximum Gasteiger partial charge on any atom is 0.140 e. The molecule has 2 aromatic rings. The summed E-state index contributed by atoms with van der Waals surface area (Å²) in [6.07, 6.45) is 7.13. The van der Waals surface area contributed by atoms with Crippen LogP contribution in [0.1, 0.15) is 36.2 Å². The van der Waals surface area contributed by atoms with Gasteiger partial charge in [0.15, 0.2) is 0 Å². The van der Waals surface area contributed by atoms with Gasteiger partial charge in [0, 0.05) is 24.4 Å². The molecule has 0 aliphatic carbocycles. The maximum absolute atomic E-state index is 4.83. The Balaban J connectivity index is 1.92. The van der Waals surface area contributed by atoms with Crippen molar-refractivity contribution in [3.8, 4) is 0 Å². The summed E-state index contributed by atoms with van der Waals surface area (Å²) in [5, 5.41) is 3.60. The number of nitrogens with one attached hydrogen (secondary N) is 1. The number of pyridine rings is 1. The molecule has 0 radical (unpaired) electrons. The third-order valence-corrected chi connectivity index (χ3v) is 4.03. The number of hydrogen-bond acceptors (Lipinski definition) is 2. The van der Waals surface area contributed by atoms with Crippen LogP contribution in [0.25, 0.3) is 5.65 Å². The molecule has 0 unspecified atom stereocenters. The summed E-state index contributed by atoms with van der Waals surface area (Å²) in [6, 6.07) is 4.84. The SMILES string of the molecule is Cc1cccn2c(C)c(C[C@@H]3CCCCN3)nc12. The highest BCUT2D eigenvalue weighted by atomic mass is 15.0. The summed E-state index contributed by atoms with van der Waals surface area (Å²) in [6.45, 7) is 5.47. The van der Waals surface area contributed by atoms with Crippen molar-refractivity contribution < 1.29 is 0 Å². The first-order valence-electron chi connectivity index (χ1n) is 6.92. The van der Waals surface area contributed by atoms with Gasteiger partial charge in [0.2, 0.25) is 0 Å². The van der Waals surface area contributed by atoms with Gasteiger partial charge in [-0.05, 0) is 44.9 Å². The topological polar surface area (TPSA) is 29.3 Å². The van der Waals surface area contributed by atoms with Crippen molar-refractivity contribution in [2.45, 2.75) is 45.6 Å². The minimum atomic E-state index is 0.614. The second kappa shape index (κ2) is 4.73. The summed E-state index contributed by atoms with van der Waals surface area (Å²) in [4.78, 5) is 4.83. The molecule has 18 heavy (non-hydrogen) atoms. The number of hydrogen-bond donors (Lipinski definition) is 1. The first-order chi connectivity index (χ1) is 8.75. The van der Waals surface area contributed by atoms with Gasteiger partial charge in [0.05, 0.1) is 5.69 Å². The van der Waals surface area contributed by atoms with Crippen molar-refractivity contribution in [3.05, 3.63) is 35.3 Å². The molecule has 3 heterocycles. The van der Waals surface area contributed by atoms with Crippen LogP contribution in [0.2, 0.25) is 0 Å². The van der Waals surface area contributed by atoms with E-state index in [1.807, 2.05) is 0 Å². The molecular formula is C15H21N3. The monoisotopic (exact) mass is 243 g/mol. The Morgan fingerprint density at radius 2 is 2.28 bits per heavy atom. The lowest BCUT2D eigenvalue weighted by molar-refractivity contribution is 0.397. The summed E-state index contributed by atoms with van der Waals surface area (Å²) in [5.74, 6) is 0. The Morgan fingerprint density at radius 3 is 3.00 bits per heavy atom. The van der Waals surface area contributed by atoms with Crippen molar-refractivity contribution in [2.24, 2.45) is 0 Å². The quantitative estimate of drug-likeness (QED) is 0.878. The molecule has 0 saturated carbocycles. The van der Waals surface area contributed by atoms with Crippen molar-refractivity contribution >= 4 is 5.65 Å². The molecule has 3 rings (SSSR count). The summed E-state index contributed by atoms with van der Waals surface area (Å²) in [7, 11) is 0. The lowest BCUT2D eigenvalue weighted by atomic mass is 10.00. The molecule has 0 amide bonds. The predicted molar refractivity (Wildman–Crippen MR) is 74.0 cm³/mol. The first-order valence-corrected chi connectivity index (χ1v) is 6.92. The largest absolute Gasteiger partial charge is 0.314 e. The van der Waals surface area contributed by atoms with Crippen LogP contribution in [0, 0.1) is 13.8 Å². The van der Waals surface area contributed by atoms with E-state index in [1.54, 1.807) is 0 Å². The highest BCUT2D eigenvalue weighted by Gasteiger charge is 2.17. The van der Waals surface area contributed by atoms with E-state index in [9.17, 15) is 0 Å². The van der Waals surface area contributed by atoms with Gasteiger partial charge in [-0.3, -0.25) is 0 Å². The Hall–Kier alpha value is -1.35. The average molecular weight is 243 g/mol. The summed E-state index contributed by atoms with van der Waals surface area (Å²) in [5.41, 5.74) is 4.91. The number of aromatic nitrogens is 2. The van der Waals surface area contributed by atoms with E-state index >= 15 is 0 Å². The zero-order chi connectivity index (χ0) is 12.5. The maximum atomic E-state index is 4.83. The molecule has 0 aromatic carbocycles. The Kier molecular flexibility index (Phi) is 3.08. The molecule has 1 atom stereocenters. The van der Waals surface area contributed by atoms with E-state index < -0.39 is 0 Å². The van der Waals surface area contributed by atoms with Gasteiger partial charge >= 0.3 is 0 Å². The van der Waals surface area contributed by atoms with Crippen LogP contribution in [-0.2, 0) is 6.42 Å². The van der Waals surface area contributed by atoms with E-state index in [-0.39, 0.29) is 0 Å². The van der Waals surface area contributed by atoms with Gasteiger partial charge in [-0.25, -0.2) is 4.98 Å². The van der Waals surface area contributed by atoms with Crippen LogP contribution >= 0.6 is 0 Å². The minimum absolute atomic E-state index is 0.614. The van der Waals surface area contributed by atoms with Crippen LogP contribution < -0.4 is 5.32 Å². The number of nitrogens with zero attached hydrogens (tertiary/aromatic N) is 2. The molecule has 1 saturated heterocycles. The lowest BCUT2D eigenvalue weighted by Gasteiger charge is -2.22. The number of fused-ring (bicyclic) bond motifs is 1. The second-order valence-corrected chi connectivity index (χ2v) is 5.38. The molecule has 0 bridgehead atoms. The van der Waals surface area contributed by atoms with Crippen molar-refractivity contribution in [3.63, 3.8) is 0 Å². The molecule has 1 N–H and O–H groups in total. The van der Waals surface area contributed by atoms with Gasteiger partial charge in [-0.1, -0.05) is 12.5 Å². The zero-order valence-corrected chi connectivity index (χ0v) is 11.2. The molecule has 3 heteroatoms. The standard InChI is InChI=1S/C15H21N3/c1-11-6-5-9-18-12(2)14(17-15(11)18)10-13-7-3-4-8-16-13/h5-6,9,13,16H,3-4,7-8,10H2,1-2H3/t13-/m0/s1. The molecule has 1 aliphatic heterocycles. The molecule has 0 spiro atoms. The zero-order valence-electron chi connectivity index (χ0n) is 11.2. The van der Waals surface area contributed by atoms with Crippen LogP contribution in [-0.4, -0.2) is 22.0 Å². The lowest BCUT2D eigenvalue weighted by Crippen LogP contribution is -2.35. The van der Waals surface area contributed by atoms with E-state index in [1.165, 1.54) is 36.2 Å². The van der Waals surface area contributed by atoms with Crippen LogP contribution in [0.15, 0.2) is 18.3 Å². The Morgan fingerprint density at radius 1 is 1.39 bits per heavy atom. The first kappa shape index (κ1) is 11.7. The van der Waals surface area contributed by atoms with Crippen LogP contribution in [0.3, 0.4) is 0 Å². The number of rotatable bonds is 2. The normalized spacial score (nSPS) is 20.4. The fourth-order valence-corrected chi connectivity index (χ4v) is 2.89. The van der Waals surface area contributed by atoms with Crippen LogP contribution in [0.5, 0.6) is 0 Å². The third kappa shape index (κ3) is 2.03. The molecule has 1 aliphatic rings. The van der Waals surface area contributed by atoms with Gasteiger partial charge in [0.1, 0.15) is 5.65 Å². The molecule has 2 aromatic heterocycles. The second-order valence-electron chi connectivity index (χ2n) is 5.38. The smallest absolute Gasteiger partial charge is 0.140 e. The predicted octanol–water partition coefficient (Wildman–Crippen LogP) is 2.64. The fourth-order valence-electron chi connectivity index (χ4n) is 2.89. The van der Waals surface area contributed by atoms with E-state index in [0.29, 0.717) is 6.04 Å². The number of aryl methyl sites for hydroxylation is 2. The van der Waals surface area contributed by atoms with Gasteiger partial charge < -0.3 is 9.72 Å². The number of imidazole rings is 1. The van der Waals surface area contributed by atoms with Gasteiger partial charge in [-0.2, -0.15) is 0 Å². The molecule has 3 nitrogen and oxygen atoms in total. The van der Waals surface area contributed by atoms with Crippen molar-refractivity contribution in [1.29, 1.82) is 0 Å². The van der Waals surface area contributed by atoms with E-state index in [0.717, 1.165) is 18.6 Å². The van der Waals surface area contributed by atoms with Crippen molar-refractivity contribution in [2.75, 3.05) is 6.54 Å². The highest BCUT2D eigenvalue weighted by molar-refractivity contribution is 5.50. The van der Waals surface area contributed by atoms with Gasteiger partial charge in [0.25, 0.3) is 0 Å². The molecular weight excluding hydrogens is 222 g/mol. The van der Waals surface area contributed by atoms with E-state index in [2.05, 4.69) is 41.9 Å². The Bertz CT molecular complexity index is 550. The van der Waals surface area contributed by atoms with Crippen molar-refractivity contribution in [1.82, 2.24) is 14.7 Å². The summed E-state index contributed by atoms with van der Waals surface area (Å²) < 4.78 is 2.22. The third-order valence-electron chi connectivity index (χ3n) is 4.03. The summed E-state index contributed by atoms with van der Waals surface area (Å²) >= 11 is 0. The number of piperidine rings is 1. The van der Waals surface area contributed by atoms with Gasteiger partial charge in [-0.15, -0.1) is 0 Å². The highest BCUT2D eigenvalue weighted by Crippen LogP contribution is 2.18. The molecule has 1 fully saturated rings. The fraction of sp³-hybridized carbons (Fsp3) is 0.533. The minimum Gasteiger partial charge on any atom is -0.314 e. The van der Waals surface area contributed by atoms with E-state index in [4.69, 9.17) is 4.98 Å². The van der Waals surface area contributed by atoms with Crippen LogP contribution in [0.4, 0.5) is 0 Å². The molecule has 96 valence electrons. The Labute approximate surface area is 108 Å². The average Bonchev–Trinajstić information content (AvgIpc) is 2.70.